The topological polar surface area (TPSA) is 97.2 Å². The number of hydrogen-bond acceptors (Lipinski definition) is 5. The Hall–Kier alpha value is -2.28. The molecule has 4 N–H and O–H groups in total. The lowest BCUT2D eigenvalue weighted by molar-refractivity contribution is 0.0607. The van der Waals surface area contributed by atoms with Crippen LogP contribution < -0.4 is 11.1 Å². The van der Waals surface area contributed by atoms with Crippen LogP contribution in [0.2, 0.25) is 0 Å². The van der Waals surface area contributed by atoms with Gasteiger partial charge >= 0.3 is 5.97 Å². The average molecular weight is 279 g/mol. The number of carbonyl (C=O) groups excluding carboxylic acids is 2. The van der Waals surface area contributed by atoms with Crippen molar-refractivity contribution in [2.45, 2.75) is 6.92 Å². The number of ether oxygens (including phenoxy) is 1. The molecule has 0 radical (unpaired) electrons. The smallest absolute Gasteiger partial charge is 0.350 e. The maximum absolute atomic E-state index is 12.0. The second-order valence-electron chi connectivity index (χ2n) is 3.92. The van der Waals surface area contributed by atoms with Crippen molar-refractivity contribution >= 4 is 34.6 Å². The first-order valence-corrected chi connectivity index (χ1v) is 6.32. The Morgan fingerprint density at radius 3 is 2.79 bits per heavy atom. The van der Waals surface area contributed by atoms with E-state index >= 15 is 0 Å². The van der Waals surface area contributed by atoms with Gasteiger partial charge in [-0.2, -0.15) is 0 Å². The molecule has 1 amide bonds. The fourth-order valence-electron chi connectivity index (χ4n) is 1.57. The van der Waals surface area contributed by atoms with Gasteiger partial charge in [0.05, 0.1) is 12.8 Å². The second kappa shape index (κ2) is 5.15. The van der Waals surface area contributed by atoms with Gasteiger partial charge < -0.3 is 20.8 Å². The van der Waals surface area contributed by atoms with Gasteiger partial charge in [-0.15, -0.1) is 11.3 Å². The number of rotatable bonds is 3. The molecule has 19 heavy (non-hydrogen) atoms. The highest BCUT2D eigenvalue weighted by Crippen LogP contribution is 2.28. The first-order chi connectivity index (χ1) is 9.02. The highest BCUT2D eigenvalue weighted by molar-refractivity contribution is 7.12. The largest absolute Gasteiger partial charge is 0.465 e. The van der Waals surface area contributed by atoms with Crippen molar-refractivity contribution in [2.75, 3.05) is 18.2 Å². The third-order valence-corrected chi connectivity index (χ3v) is 3.61. The molecule has 0 saturated heterocycles. The maximum Gasteiger partial charge on any atom is 0.350 e. The summed E-state index contributed by atoms with van der Waals surface area (Å²) in [6.45, 7) is 1.81. The number of esters is 1. The first kappa shape index (κ1) is 13.2. The minimum atomic E-state index is -0.473. The lowest BCUT2D eigenvalue weighted by atomic mass is 10.2. The van der Waals surface area contributed by atoms with Gasteiger partial charge in [0, 0.05) is 11.9 Å². The van der Waals surface area contributed by atoms with E-state index in [0.29, 0.717) is 21.9 Å². The number of aromatic nitrogens is 1. The number of amides is 1. The van der Waals surface area contributed by atoms with E-state index in [1.807, 2.05) is 6.92 Å². The summed E-state index contributed by atoms with van der Waals surface area (Å²) in [7, 11) is 1.30. The molecule has 7 heteroatoms. The standard InChI is InChI=1S/C12H13N3O3S/c1-6-5-19-10(12(17)18-2)9(6)15-11(16)8-3-7(13)4-14-8/h3-5,14H,13H2,1-2H3,(H,15,16). The summed E-state index contributed by atoms with van der Waals surface area (Å²) in [5.41, 5.74) is 7.61. The van der Waals surface area contributed by atoms with Crippen LogP contribution >= 0.6 is 11.3 Å². The number of hydrogen-bond donors (Lipinski definition) is 3. The molecule has 0 spiro atoms. The molecular weight excluding hydrogens is 266 g/mol. The number of anilines is 2. The van der Waals surface area contributed by atoms with E-state index in [4.69, 9.17) is 5.73 Å². The zero-order chi connectivity index (χ0) is 14.0. The number of nitrogens with two attached hydrogens (primary N) is 1. The van der Waals surface area contributed by atoms with Crippen molar-refractivity contribution in [1.82, 2.24) is 4.98 Å². The van der Waals surface area contributed by atoms with E-state index in [2.05, 4.69) is 15.0 Å². The number of nitrogens with one attached hydrogen (secondary N) is 2. The molecule has 0 aliphatic rings. The Morgan fingerprint density at radius 2 is 2.21 bits per heavy atom. The van der Waals surface area contributed by atoms with Gasteiger partial charge in [-0.3, -0.25) is 4.79 Å². The van der Waals surface area contributed by atoms with Crippen LogP contribution in [0.3, 0.4) is 0 Å². The van der Waals surface area contributed by atoms with Gasteiger partial charge in [-0.05, 0) is 23.9 Å². The van der Waals surface area contributed by atoms with E-state index in [0.717, 1.165) is 5.56 Å². The summed E-state index contributed by atoms with van der Waals surface area (Å²) < 4.78 is 4.67. The predicted octanol–water partition coefficient (Wildman–Crippen LogP) is 2.01. The van der Waals surface area contributed by atoms with E-state index in [1.54, 1.807) is 5.38 Å². The average Bonchev–Trinajstić information content (AvgIpc) is 2.96. The molecule has 2 aromatic rings. The molecule has 2 aromatic heterocycles. The summed E-state index contributed by atoms with van der Waals surface area (Å²) in [5, 5.41) is 4.47. The zero-order valence-corrected chi connectivity index (χ0v) is 11.3. The van der Waals surface area contributed by atoms with Crippen molar-refractivity contribution in [3.05, 3.63) is 33.8 Å². The lowest BCUT2D eigenvalue weighted by Crippen LogP contribution is -2.15. The summed E-state index contributed by atoms with van der Waals surface area (Å²) in [5.74, 6) is -0.831. The molecule has 0 atom stereocenters. The number of aryl methyl sites for hydroxylation is 1. The Labute approximate surface area is 113 Å². The number of thiophene rings is 1. The SMILES string of the molecule is COC(=O)c1scc(C)c1NC(=O)c1cc(N)c[nH]1. The van der Waals surface area contributed by atoms with E-state index < -0.39 is 5.97 Å². The van der Waals surface area contributed by atoms with Gasteiger partial charge in [-0.25, -0.2) is 4.79 Å². The quantitative estimate of drug-likeness (QED) is 0.748. The Balaban J connectivity index is 2.26. The first-order valence-electron chi connectivity index (χ1n) is 5.44. The van der Waals surface area contributed by atoms with Gasteiger partial charge in [0.1, 0.15) is 10.6 Å². The molecule has 0 aliphatic carbocycles. The molecule has 0 bridgehead atoms. The molecule has 2 heterocycles. The predicted molar refractivity (Wildman–Crippen MR) is 73.6 cm³/mol. The summed E-state index contributed by atoms with van der Waals surface area (Å²) >= 11 is 1.23. The number of carbonyl (C=O) groups is 2. The molecule has 0 unspecified atom stereocenters. The van der Waals surface area contributed by atoms with Crippen LogP contribution in [0.4, 0.5) is 11.4 Å². The summed E-state index contributed by atoms with van der Waals surface area (Å²) in [4.78, 5) is 26.7. The number of aromatic amines is 1. The third-order valence-electron chi connectivity index (χ3n) is 2.53. The van der Waals surface area contributed by atoms with Crippen LogP contribution in [-0.2, 0) is 4.74 Å². The van der Waals surface area contributed by atoms with Crippen LogP contribution in [0, 0.1) is 6.92 Å². The van der Waals surface area contributed by atoms with Crippen LogP contribution in [0.5, 0.6) is 0 Å². The molecule has 0 saturated carbocycles. The molecule has 2 rings (SSSR count). The van der Waals surface area contributed by atoms with Crippen molar-refractivity contribution in [3.8, 4) is 0 Å². The maximum atomic E-state index is 12.0. The number of nitrogen functional groups attached to an aromatic ring is 1. The van der Waals surface area contributed by atoms with Crippen LogP contribution in [0.15, 0.2) is 17.6 Å². The van der Waals surface area contributed by atoms with Crippen LogP contribution in [0.1, 0.15) is 25.7 Å². The Kier molecular flexibility index (Phi) is 3.57. The molecule has 0 fully saturated rings. The van der Waals surface area contributed by atoms with Crippen molar-refractivity contribution < 1.29 is 14.3 Å². The lowest BCUT2D eigenvalue weighted by Gasteiger charge is -2.06. The highest BCUT2D eigenvalue weighted by Gasteiger charge is 2.19. The fraction of sp³-hybridized carbons (Fsp3) is 0.167. The van der Waals surface area contributed by atoms with Crippen LogP contribution in [-0.4, -0.2) is 24.0 Å². The van der Waals surface area contributed by atoms with E-state index in [9.17, 15) is 9.59 Å². The molecule has 0 aromatic carbocycles. The van der Waals surface area contributed by atoms with Crippen LogP contribution in [0.25, 0.3) is 0 Å². The highest BCUT2D eigenvalue weighted by atomic mass is 32.1. The van der Waals surface area contributed by atoms with E-state index in [1.165, 1.54) is 30.7 Å². The monoisotopic (exact) mass is 279 g/mol. The van der Waals surface area contributed by atoms with Crippen molar-refractivity contribution in [3.63, 3.8) is 0 Å². The van der Waals surface area contributed by atoms with Gasteiger partial charge in [0.25, 0.3) is 5.91 Å². The normalized spacial score (nSPS) is 10.2. The minimum absolute atomic E-state index is 0.332. The molecule has 100 valence electrons. The van der Waals surface area contributed by atoms with Crippen molar-refractivity contribution in [2.24, 2.45) is 0 Å². The Bertz CT molecular complexity index is 630. The molecule has 6 nitrogen and oxygen atoms in total. The zero-order valence-electron chi connectivity index (χ0n) is 10.4. The third kappa shape index (κ3) is 2.60. The second-order valence-corrected chi connectivity index (χ2v) is 4.79. The Morgan fingerprint density at radius 1 is 1.47 bits per heavy atom. The minimum Gasteiger partial charge on any atom is -0.465 e. The fourth-order valence-corrected chi connectivity index (χ4v) is 2.49. The van der Waals surface area contributed by atoms with Crippen molar-refractivity contribution in [1.29, 1.82) is 0 Å². The van der Waals surface area contributed by atoms with Gasteiger partial charge in [0.15, 0.2) is 0 Å². The summed E-state index contributed by atoms with van der Waals surface area (Å²) in [6, 6.07) is 1.52. The van der Waals surface area contributed by atoms with Gasteiger partial charge in [-0.1, -0.05) is 0 Å². The number of H-pyrrole nitrogens is 1. The molecular formula is C12H13N3O3S. The summed E-state index contributed by atoms with van der Waals surface area (Å²) in [6.07, 6.45) is 1.52. The number of methoxy groups -OCH3 is 1. The molecule has 0 aliphatic heterocycles. The van der Waals surface area contributed by atoms with Gasteiger partial charge in [0.2, 0.25) is 0 Å². The van der Waals surface area contributed by atoms with E-state index in [-0.39, 0.29) is 5.91 Å².